The van der Waals surface area contributed by atoms with Crippen molar-refractivity contribution < 1.29 is 27.8 Å². The number of hydrogen-bond acceptors (Lipinski definition) is 5. The normalized spacial score (nSPS) is 10.6. The van der Waals surface area contributed by atoms with Crippen LogP contribution in [0.5, 0.6) is 5.75 Å². The van der Waals surface area contributed by atoms with Crippen LogP contribution in [0.3, 0.4) is 0 Å². The molecule has 5 nitrogen and oxygen atoms in total. The van der Waals surface area contributed by atoms with E-state index in [-0.39, 0.29) is 11.7 Å². The molecule has 0 bridgehead atoms. The van der Waals surface area contributed by atoms with E-state index < -0.39 is 24.1 Å². The summed E-state index contributed by atoms with van der Waals surface area (Å²) in [5, 5.41) is 3.41. The number of carbonyl (C=O) groups excluding carboxylic acids is 2. The van der Waals surface area contributed by atoms with Crippen LogP contribution in [0.4, 0.5) is 14.5 Å². The number of esters is 1. The molecule has 2 aromatic carbocycles. The average molecular weight is 391 g/mol. The van der Waals surface area contributed by atoms with Crippen molar-refractivity contribution in [2.24, 2.45) is 0 Å². The first-order chi connectivity index (χ1) is 13.0. The highest BCUT2D eigenvalue weighted by molar-refractivity contribution is 7.20. The lowest BCUT2D eigenvalue weighted by Gasteiger charge is -2.08. The lowest BCUT2D eigenvalue weighted by molar-refractivity contribution is -0.118. The van der Waals surface area contributed by atoms with E-state index in [9.17, 15) is 18.4 Å². The molecule has 0 spiro atoms. The zero-order valence-electron chi connectivity index (χ0n) is 14.3. The SMILES string of the molecule is CCOC(=O)c1cc2cc(NC(=O)COc3ccc(F)cc3F)ccc2s1. The minimum Gasteiger partial charge on any atom is -0.481 e. The fourth-order valence-electron chi connectivity index (χ4n) is 2.36. The van der Waals surface area contributed by atoms with Gasteiger partial charge in [-0.25, -0.2) is 13.6 Å². The molecule has 0 saturated heterocycles. The number of ether oxygens (including phenoxy) is 2. The van der Waals surface area contributed by atoms with Crippen LogP contribution >= 0.6 is 11.3 Å². The minimum absolute atomic E-state index is 0.209. The number of halogens is 2. The second-order valence-electron chi connectivity index (χ2n) is 5.50. The summed E-state index contributed by atoms with van der Waals surface area (Å²) in [6.07, 6.45) is 0. The first kappa shape index (κ1) is 18.8. The van der Waals surface area contributed by atoms with E-state index in [0.29, 0.717) is 23.2 Å². The number of nitrogens with one attached hydrogen (secondary N) is 1. The van der Waals surface area contributed by atoms with Gasteiger partial charge < -0.3 is 14.8 Å². The maximum Gasteiger partial charge on any atom is 0.348 e. The molecule has 1 N–H and O–H groups in total. The van der Waals surface area contributed by atoms with Gasteiger partial charge in [-0.2, -0.15) is 0 Å². The first-order valence-electron chi connectivity index (χ1n) is 8.04. The fraction of sp³-hybridized carbons (Fsp3) is 0.158. The van der Waals surface area contributed by atoms with Gasteiger partial charge in [0.1, 0.15) is 10.7 Å². The number of anilines is 1. The lowest BCUT2D eigenvalue weighted by Crippen LogP contribution is -2.20. The first-order valence-corrected chi connectivity index (χ1v) is 8.86. The Bertz CT molecular complexity index is 1000. The minimum atomic E-state index is -0.881. The van der Waals surface area contributed by atoms with Gasteiger partial charge in [0.25, 0.3) is 5.91 Å². The Balaban J connectivity index is 1.65. The van der Waals surface area contributed by atoms with E-state index in [1.807, 2.05) is 0 Å². The van der Waals surface area contributed by atoms with E-state index in [2.05, 4.69) is 5.32 Å². The molecule has 0 aliphatic heterocycles. The van der Waals surface area contributed by atoms with Crippen LogP contribution in [0.2, 0.25) is 0 Å². The molecule has 0 aliphatic carbocycles. The largest absolute Gasteiger partial charge is 0.481 e. The quantitative estimate of drug-likeness (QED) is 0.634. The van der Waals surface area contributed by atoms with Gasteiger partial charge >= 0.3 is 5.97 Å². The Morgan fingerprint density at radius 1 is 1.11 bits per heavy atom. The van der Waals surface area contributed by atoms with Crippen molar-refractivity contribution in [1.29, 1.82) is 0 Å². The highest BCUT2D eigenvalue weighted by atomic mass is 32.1. The highest BCUT2D eigenvalue weighted by Gasteiger charge is 2.12. The van der Waals surface area contributed by atoms with Crippen LogP contribution < -0.4 is 10.1 Å². The summed E-state index contributed by atoms with van der Waals surface area (Å²) in [6, 6.07) is 9.71. The zero-order chi connectivity index (χ0) is 19.4. The predicted octanol–water partition coefficient (Wildman–Crippen LogP) is 4.37. The van der Waals surface area contributed by atoms with Crippen LogP contribution in [0.15, 0.2) is 42.5 Å². The van der Waals surface area contributed by atoms with Crippen molar-refractivity contribution in [2.45, 2.75) is 6.92 Å². The zero-order valence-corrected chi connectivity index (χ0v) is 15.1. The molecule has 0 aliphatic rings. The number of rotatable bonds is 6. The fourth-order valence-corrected chi connectivity index (χ4v) is 3.29. The molecule has 0 unspecified atom stereocenters. The van der Waals surface area contributed by atoms with Gasteiger partial charge in [-0.15, -0.1) is 11.3 Å². The van der Waals surface area contributed by atoms with Crippen molar-refractivity contribution >= 4 is 39.0 Å². The molecule has 1 aromatic heterocycles. The number of hydrogen-bond donors (Lipinski definition) is 1. The number of fused-ring (bicyclic) bond motifs is 1. The maximum atomic E-state index is 13.5. The third-order valence-corrected chi connectivity index (χ3v) is 4.63. The van der Waals surface area contributed by atoms with Crippen molar-refractivity contribution in [3.63, 3.8) is 0 Å². The van der Waals surface area contributed by atoms with E-state index in [4.69, 9.17) is 9.47 Å². The number of thiophene rings is 1. The lowest BCUT2D eigenvalue weighted by atomic mass is 10.2. The van der Waals surface area contributed by atoms with Gasteiger partial charge in [0, 0.05) is 16.5 Å². The topological polar surface area (TPSA) is 64.6 Å². The van der Waals surface area contributed by atoms with Crippen LogP contribution in [0.1, 0.15) is 16.6 Å². The predicted molar refractivity (Wildman–Crippen MR) is 98.3 cm³/mol. The van der Waals surface area contributed by atoms with Crippen molar-refractivity contribution in [3.8, 4) is 5.75 Å². The van der Waals surface area contributed by atoms with E-state index in [0.717, 1.165) is 22.2 Å². The van der Waals surface area contributed by atoms with Gasteiger partial charge in [0.2, 0.25) is 0 Å². The molecule has 1 amide bonds. The van der Waals surface area contributed by atoms with E-state index in [1.165, 1.54) is 11.3 Å². The number of benzene rings is 2. The molecule has 8 heteroatoms. The third kappa shape index (κ3) is 4.59. The Morgan fingerprint density at radius 2 is 1.93 bits per heavy atom. The average Bonchev–Trinajstić information content (AvgIpc) is 3.04. The summed E-state index contributed by atoms with van der Waals surface area (Å²) < 4.78 is 37.3. The maximum absolute atomic E-state index is 13.5. The summed E-state index contributed by atoms with van der Waals surface area (Å²) in [4.78, 5) is 24.3. The molecular weight excluding hydrogens is 376 g/mol. The van der Waals surface area contributed by atoms with Gasteiger partial charge in [-0.05, 0) is 48.7 Å². The monoisotopic (exact) mass is 391 g/mol. The third-order valence-electron chi connectivity index (χ3n) is 3.53. The standard InChI is InChI=1S/C19H15F2NO4S/c1-2-25-19(24)17-8-11-7-13(4-6-16(11)27-17)22-18(23)10-26-15-5-3-12(20)9-14(15)21/h3-9H,2,10H2,1H3,(H,22,23). The molecular formula is C19H15F2NO4S. The summed E-state index contributed by atoms with van der Waals surface area (Å²) >= 11 is 1.30. The van der Waals surface area contributed by atoms with Crippen LogP contribution in [-0.2, 0) is 9.53 Å². The summed E-state index contributed by atoms with van der Waals surface area (Å²) in [5.41, 5.74) is 0.504. The van der Waals surface area contributed by atoms with Crippen LogP contribution in [0.25, 0.3) is 10.1 Å². The molecule has 27 heavy (non-hydrogen) atoms. The van der Waals surface area contributed by atoms with Crippen molar-refractivity contribution in [1.82, 2.24) is 0 Å². The van der Waals surface area contributed by atoms with Gasteiger partial charge in [-0.3, -0.25) is 4.79 Å². The highest BCUT2D eigenvalue weighted by Crippen LogP contribution is 2.28. The van der Waals surface area contributed by atoms with Crippen LogP contribution in [0, 0.1) is 11.6 Å². The Labute approximate surface area is 157 Å². The van der Waals surface area contributed by atoms with E-state index >= 15 is 0 Å². The van der Waals surface area contributed by atoms with Gasteiger partial charge in [-0.1, -0.05) is 0 Å². The molecule has 140 valence electrons. The molecule has 0 atom stereocenters. The second-order valence-corrected chi connectivity index (χ2v) is 6.58. The molecule has 0 radical (unpaired) electrons. The van der Waals surface area contributed by atoms with Gasteiger partial charge in [0.05, 0.1) is 6.61 Å². The van der Waals surface area contributed by atoms with Crippen molar-refractivity contribution in [3.05, 3.63) is 59.0 Å². The molecule has 3 aromatic rings. The summed E-state index contributed by atoms with van der Waals surface area (Å²) in [6.45, 7) is 1.60. The molecule has 3 rings (SSSR count). The van der Waals surface area contributed by atoms with E-state index in [1.54, 1.807) is 31.2 Å². The molecule has 1 heterocycles. The Hall–Kier alpha value is -3.00. The van der Waals surface area contributed by atoms with Crippen LogP contribution in [-0.4, -0.2) is 25.1 Å². The summed E-state index contributed by atoms with van der Waals surface area (Å²) in [5.74, 6) is -2.71. The van der Waals surface area contributed by atoms with Crippen molar-refractivity contribution in [2.75, 3.05) is 18.5 Å². The van der Waals surface area contributed by atoms with Gasteiger partial charge in [0.15, 0.2) is 18.2 Å². The Kier molecular flexibility index (Phi) is 5.66. The number of amides is 1. The molecule has 0 fully saturated rings. The Morgan fingerprint density at radius 3 is 2.67 bits per heavy atom. The number of carbonyl (C=O) groups is 2. The summed E-state index contributed by atoms with van der Waals surface area (Å²) in [7, 11) is 0. The second kappa shape index (κ2) is 8.13. The smallest absolute Gasteiger partial charge is 0.348 e. The molecule has 0 saturated carbocycles.